The van der Waals surface area contributed by atoms with Crippen molar-refractivity contribution in [2.75, 3.05) is 0 Å². The lowest BCUT2D eigenvalue weighted by molar-refractivity contribution is 0.111. The topological polar surface area (TPSA) is 69.7 Å². The number of hydrogen-bond donors (Lipinski definition) is 0. The quantitative estimate of drug-likeness (QED) is 0.619. The Balaban J connectivity index is 3.14. The van der Waals surface area contributed by atoms with Gasteiger partial charge in [-0.25, -0.2) is 9.59 Å². The van der Waals surface area contributed by atoms with Crippen molar-refractivity contribution >= 4 is 40.3 Å². The minimum atomic E-state index is -1.11. The second-order valence-electron chi connectivity index (χ2n) is 2.47. The van der Waals surface area contributed by atoms with Gasteiger partial charge in [0.05, 0.1) is 5.56 Å². The molecule has 0 fully saturated rings. The molecule has 84 valence electrons. The fourth-order valence-corrected chi connectivity index (χ4v) is 1.16. The molecule has 16 heavy (non-hydrogen) atoms. The summed E-state index contributed by atoms with van der Waals surface area (Å²) >= 11 is 9.98. The van der Waals surface area contributed by atoms with E-state index in [1.54, 1.807) is 0 Å². The highest BCUT2D eigenvalue weighted by atomic mass is 35.5. The first-order valence-corrected chi connectivity index (χ1v) is 4.63. The van der Waals surface area contributed by atoms with Crippen LogP contribution in [-0.4, -0.2) is 17.1 Å². The molecule has 0 aliphatic rings. The van der Waals surface area contributed by atoms with E-state index in [0.717, 1.165) is 0 Å². The van der Waals surface area contributed by atoms with Gasteiger partial charge in [-0.15, -0.1) is 0 Å². The number of carbonyl (C=O) groups excluding carboxylic acids is 3. The van der Waals surface area contributed by atoms with Gasteiger partial charge in [-0.3, -0.25) is 4.79 Å². The molecule has 7 heteroatoms. The Morgan fingerprint density at radius 1 is 1.06 bits per heavy atom. The van der Waals surface area contributed by atoms with Crippen LogP contribution < -0.4 is 9.47 Å². The summed E-state index contributed by atoms with van der Waals surface area (Å²) in [5.74, 6) is -0.240. The molecule has 0 aliphatic carbocycles. The summed E-state index contributed by atoms with van der Waals surface area (Å²) in [5.41, 5.74) is -2.36. The van der Waals surface area contributed by atoms with E-state index in [0.29, 0.717) is 6.29 Å². The summed E-state index contributed by atoms with van der Waals surface area (Å²) in [6.07, 6.45) is 0.352. The summed E-state index contributed by atoms with van der Waals surface area (Å²) < 4.78 is 9.04. The Morgan fingerprint density at radius 3 is 1.81 bits per heavy atom. The van der Waals surface area contributed by atoms with E-state index in [2.05, 4.69) is 9.47 Å². The van der Waals surface area contributed by atoms with Gasteiger partial charge in [-0.1, -0.05) is 6.07 Å². The third-order valence-electron chi connectivity index (χ3n) is 1.52. The van der Waals surface area contributed by atoms with Crippen molar-refractivity contribution < 1.29 is 23.9 Å². The lowest BCUT2D eigenvalue weighted by atomic mass is 10.2. The average molecular weight is 263 g/mol. The molecule has 0 aromatic heterocycles. The first kappa shape index (κ1) is 12.5. The van der Waals surface area contributed by atoms with Gasteiger partial charge < -0.3 is 9.47 Å². The van der Waals surface area contributed by atoms with Crippen LogP contribution in [0.15, 0.2) is 18.2 Å². The van der Waals surface area contributed by atoms with Gasteiger partial charge >= 0.3 is 10.9 Å². The maximum absolute atomic E-state index is 10.7. The van der Waals surface area contributed by atoms with Crippen LogP contribution in [0.1, 0.15) is 10.4 Å². The number of aldehydes is 1. The zero-order valence-corrected chi connectivity index (χ0v) is 9.12. The summed E-state index contributed by atoms with van der Waals surface area (Å²) in [6, 6.07) is 4.03. The molecule has 0 saturated carbocycles. The van der Waals surface area contributed by atoms with Crippen molar-refractivity contribution in [3.05, 3.63) is 23.8 Å². The molecule has 5 nitrogen and oxygen atoms in total. The Labute approximate surface area is 99.8 Å². The molecular formula is C9H4Cl2O5. The van der Waals surface area contributed by atoms with Gasteiger partial charge in [0.25, 0.3) is 0 Å². The highest BCUT2D eigenvalue weighted by molar-refractivity contribution is 6.61. The maximum Gasteiger partial charge on any atom is 0.409 e. The molecule has 0 unspecified atom stereocenters. The predicted molar refractivity (Wildman–Crippen MR) is 55.6 cm³/mol. The van der Waals surface area contributed by atoms with E-state index >= 15 is 0 Å². The number of benzene rings is 1. The molecule has 0 amide bonds. The van der Waals surface area contributed by atoms with Gasteiger partial charge in [0.15, 0.2) is 6.29 Å². The lowest BCUT2D eigenvalue weighted by Crippen LogP contribution is -2.04. The van der Waals surface area contributed by atoms with Gasteiger partial charge in [0, 0.05) is 23.2 Å². The van der Waals surface area contributed by atoms with Crippen LogP contribution in [0.2, 0.25) is 0 Å². The highest BCUT2D eigenvalue weighted by Crippen LogP contribution is 2.27. The van der Waals surface area contributed by atoms with E-state index in [-0.39, 0.29) is 17.1 Å². The summed E-state index contributed by atoms with van der Waals surface area (Å²) in [5, 5.41) is 0. The van der Waals surface area contributed by atoms with E-state index in [1.807, 2.05) is 0 Å². The molecule has 0 bridgehead atoms. The standard InChI is InChI=1S/C9H4Cl2O5/c10-8(13)15-6-2-1-3-7(5(6)4-12)16-9(11)14/h1-4H. The van der Waals surface area contributed by atoms with Crippen molar-refractivity contribution in [2.45, 2.75) is 0 Å². The third kappa shape index (κ3) is 3.22. The van der Waals surface area contributed by atoms with Crippen LogP contribution in [0, 0.1) is 0 Å². The van der Waals surface area contributed by atoms with Crippen molar-refractivity contribution in [3.8, 4) is 11.5 Å². The zero-order valence-electron chi connectivity index (χ0n) is 7.61. The Kier molecular flexibility index (Phi) is 4.28. The van der Waals surface area contributed by atoms with Crippen LogP contribution in [-0.2, 0) is 0 Å². The zero-order chi connectivity index (χ0) is 12.1. The molecule has 0 N–H and O–H groups in total. The van der Waals surface area contributed by atoms with Crippen molar-refractivity contribution in [2.24, 2.45) is 0 Å². The third-order valence-corrected chi connectivity index (χ3v) is 1.68. The lowest BCUT2D eigenvalue weighted by Gasteiger charge is -2.07. The summed E-state index contributed by atoms with van der Waals surface area (Å²) in [6.45, 7) is 0. The first-order chi connectivity index (χ1) is 7.54. The van der Waals surface area contributed by atoms with E-state index < -0.39 is 10.9 Å². The molecule has 0 heterocycles. The Morgan fingerprint density at radius 2 is 1.50 bits per heavy atom. The maximum atomic E-state index is 10.7. The minimum absolute atomic E-state index is 0.120. The van der Waals surface area contributed by atoms with E-state index in [1.165, 1.54) is 18.2 Å². The number of ether oxygens (including phenoxy) is 2. The second-order valence-corrected chi connectivity index (χ2v) is 3.08. The van der Waals surface area contributed by atoms with E-state index in [4.69, 9.17) is 23.2 Å². The average Bonchev–Trinajstić information content (AvgIpc) is 2.16. The predicted octanol–water partition coefficient (Wildman–Crippen LogP) is 2.97. The largest absolute Gasteiger partial charge is 0.414 e. The first-order valence-electron chi connectivity index (χ1n) is 3.87. The fraction of sp³-hybridized carbons (Fsp3) is 0. The monoisotopic (exact) mass is 262 g/mol. The van der Waals surface area contributed by atoms with E-state index in [9.17, 15) is 14.4 Å². The van der Waals surface area contributed by atoms with Crippen molar-refractivity contribution in [1.29, 1.82) is 0 Å². The summed E-state index contributed by atoms with van der Waals surface area (Å²) in [4.78, 5) is 31.8. The van der Waals surface area contributed by atoms with Crippen LogP contribution in [0.4, 0.5) is 9.59 Å². The van der Waals surface area contributed by atoms with Gasteiger partial charge in [-0.2, -0.15) is 0 Å². The molecule has 1 rings (SSSR count). The van der Waals surface area contributed by atoms with Crippen LogP contribution in [0.5, 0.6) is 11.5 Å². The molecule has 1 aromatic carbocycles. The Hall–Kier alpha value is -1.59. The minimum Gasteiger partial charge on any atom is -0.414 e. The van der Waals surface area contributed by atoms with Crippen molar-refractivity contribution in [3.63, 3.8) is 0 Å². The normalized spacial score (nSPS) is 9.38. The molecule has 0 radical (unpaired) electrons. The second kappa shape index (κ2) is 5.48. The SMILES string of the molecule is O=Cc1c(OC(=O)Cl)cccc1OC(=O)Cl. The highest BCUT2D eigenvalue weighted by Gasteiger charge is 2.14. The summed E-state index contributed by atoms with van der Waals surface area (Å²) in [7, 11) is 0. The number of halogens is 2. The van der Waals surface area contributed by atoms with Crippen LogP contribution in [0.25, 0.3) is 0 Å². The van der Waals surface area contributed by atoms with Crippen molar-refractivity contribution in [1.82, 2.24) is 0 Å². The van der Waals surface area contributed by atoms with Gasteiger partial charge in [-0.05, 0) is 12.1 Å². The fourth-order valence-electron chi connectivity index (χ4n) is 0.991. The number of carbonyl (C=O) groups is 3. The molecule has 0 saturated heterocycles. The number of hydrogen-bond acceptors (Lipinski definition) is 5. The Bertz CT molecular complexity index is 409. The molecule has 0 aliphatic heterocycles. The smallest absolute Gasteiger partial charge is 0.409 e. The van der Waals surface area contributed by atoms with Crippen LogP contribution in [0.3, 0.4) is 0 Å². The molecular weight excluding hydrogens is 259 g/mol. The number of rotatable bonds is 3. The van der Waals surface area contributed by atoms with Crippen LogP contribution >= 0.6 is 23.2 Å². The van der Waals surface area contributed by atoms with Gasteiger partial charge in [0.1, 0.15) is 11.5 Å². The van der Waals surface area contributed by atoms with Gasteiger partial charge in [0.2, 0.25) is 0 Å². The molecule has 0 spiro atoms. The molecule has 0 atom stereocenters. The molecule has 1 aromatic rings.